The number of hydrogen-bond acceptors (Lipinski definition) is 4. The molecule has 2 atom stereocenters. The maximum atomic E-state index is 12.4. The lowest BCUT2D eigenvalue weighted by Gasteiger charge is -2.27. The zero-order valence-electron chi connectivity index (χ0n) is 14.2. The van der Waals surface area contributed by atoms with Gasteiger partial charge in [-0.05, 0) is 6.92 Å². The summed E-state index contributed by atoms with van der Waals surface area (Å²) in [6.07, 6.45) is 5.89. The Balaban J connectivity index is 1.70. The van der Waals surface area contributed by atoms with E-state index in [1.54, 1.807) is 12.4 Å². The molecule has 3 heterocycles. The molecule has 24 heavy (non-hydrogen) atoms. The summed E-state index contributed by atoms with van der Waals surface area (Å²) in [5.41, 5.74) is 0. The van der Waals surface area contributed by atoms with Crippen LogP contribution in [0.2, 0.25) is 5.15 Å². The van der Waals surface area contributed by atoms with Crippen LogP contribution in [0.4, 0.5) is 0 Å². The van der Waals surface area contributed by atoms with Crippen LogP contribution in [0.5, 0.6) is 0 Å². The van der Waals surface area contributed by atoms with E-state index in [2.05, 4.69) is 15.3 Å². The first-order chi connectivity index (χ1) is 11.5. The maximum absolute atomic E-state index is 12.4. The molecule has 0 radical (unpaired) electrons. The van der Waals surface area contributed by atoms with Gasteiger partial charge < -0.3 is 19.4 Å². The number of imidazole rings is 2. The second-order valence-electron chi connectivity index (χ2n) is 6.17. The summed E-state index contributed by atoms with van der Waals surface area (Å²) in [4.78, 5) is 23.0. The third kappa shape index (κ3) is 3.06. The fourth-order valence-corrected chi connectivity index (χ4v) is 3.54. The molecule has 8 heteroatoms. The van der Waals surface area contributed by atoms with Crippen LogP contribution in [0.15, 0.2) is 18.6 Å². The molecule has 1 fully saturated rings. The highest BCUT2D eigenvalue weighted by molar-refractivity contribution is 6.29. The number of aryl methyl sites for hydroxylation is 1. The van der Waals surface area contributed by atoms with Crippen LogP contribution >= 0.6 is 11.6 Å². The van der Waals surface area contributed by atoms with Crippen LogP contribution < -0.4 is 5.32 Å². The molecule has 3 rings (SSSR count). The van der Waals surface area contributed by atoms with Crippen molar-refractivity contribution in [3.8, 4) is 0 Å². The average molecular weight is 351 g/mol. The molecular formula is C16H23ClN6O. The summed E-state index contributed by atoms with van der Waals surface area (Å²) in [6.45, 7) is 4.05. The lowest BCUT2D eigenvalue weighted by Crippen LogP contribution is -2.33. The Labute approximate surface area is 146 Å². The Bertz CT molecular complexity index is 724. The van der Waals surface area contributed by atoms with Crippen LogP contribution in [-0.2, 0) is 25.4 Å². The summed E-state index contributed by atoms with van der Waals surface area (Å²) >= 11 is 6.01. The summed E-state index contributed by atoms with van der Waals surface area (Å²) in [5, 5.41) is 4.03. The molecule has 0 unspecified atom stereocenters. The predicted molar refractivity (Wildman–Crippen MR) is 91.4 cm³/mol. The number of aromatic nitrogens is 4. The van der Waals surface area contributed by atoms with Crippen LogP contribution in [0.25, 0.3) is 0 Å². The van der Waals surface area contributed by atoms with E-state index in [9.17, 15) is 4.79 Å². The van der Waals surface area contributed by atoms with Gasteiger partial charge in [0.2, 0.25) is 5.91 Å². The van der Waals surface area contributed by atoms with Crippen molar-refractivity contribution in [3.63, 3.8) is 0 Å². The highest BCUT2D eigenvalue weighted by Crippen LogP contribution is 2.36. The van der Waals surface area contributed by atoms with Crippen molar-refractivity contribution in [1.82, 2.24) is 29.3 Å². The molecular weight excluding hydrogens is 328 g/mol. The SMILES string of the molecule is CCN1C(=O)C[C@@H](CNCc2ncc(Cl)n2C)[C@@H]1c1nccn1C. The van der Waals surface area contributed by atoms with Crippen LogP contribution in [0.1, 0.15) is 31.0 Å². The number of likely N-dealkylation sites (tertiary alicyclic amines) is 1. The van der Waals surface area contributed by atoms with Gasteiger partial charge in [-0.15, -0.1) is 0 Å². The molecule has 0 aliphatic carbocycles. The van der Waals surface area contributed by atoms with E-state index < -0.39 is 0 Å². The standard InChI is InChI=1S/C16H23ClN6O/c1-4-23-14(24)7-11(15(23)16-19-5-6-21(16)2)8-18-10-13-20-9-12(17)22(13)3/h5-6,9,11,15,18H,4,7-8,10H2,1-3H3/t11-,15+/m0/s1. The number of halogens is 1. The van der Waals surface area contributed by atoms with Crippen LogP contribution in [0, 0.1) is 5.92 Å². The van der Waals surface area contributed by atoms with E-state index in [4.69, 9.17) is 11.6 Å². The van der Waals surface area contributed by atoms with Gasteiger partial charge in [0.25, 0.3) is 0 Å². The van der Waals surface area contributed by atoms with Crippen LogP contribution in [-0.4, -0.2) is 43.0 Å². The molecule has 7 nitrogen and oxygen atoms in total. The van der Waals surface area contributed by atoms with Crippen molar-refractivity contribution < 1.29 is 4.79 Å². The first-order valence-corrected chi connectivity index (χ1v) is 8.54. The Kier molecular flexibility index (Phi) is 4.91. The predicted octanol–water partition coefficient (Wildman–Crippen LogP) is 1.51. The molecule has 0 spiro atoms. The number of carbonyl (C=O) groups excluding carboxylic acids is 1. The van der Waals surface area contributed by atoms with Gasteiger partial charge in [0.05, 0.1) is 18.8 Å². The monoisotopic (exact) mass is 350 g/mol. The number of nitrogens with zero attached hydrogens (tertiary/aromatic N) is 5. The molecule has 2 aromatic heterocycles. The Morgan fingerprint density at radius 2 is 2.17 bits per heavy atom. The second kappa shape index (κ2) is 6.94. The number of amides is 1. The summed E-state index contributed by atoms with van der Waals surface area (Å²) in [7, 11) is 3.86. The Morgan fingerprint density at radius 3 is 2.75 bits per heavy atom. The lowest BCUT2D eigenvalue weighted by atomic mass is 9.99. The number of rotatable bonds is 6. The minimum Gasteiger partial charge on any atom is -0.336 e. The van der Waals surface area contributed by atoms with Crippen molar-refractivity contribution in [2.45, 2.75) is 25.9 Å². The number of carbonyl (C=O) groups is 1. The van der Waals surface area contributed by atoms with Gasteiger partial charge in [0.1, 0.15) is 16.8 Å². The van der Waals surface area contributed by atoms with E-state index in [1.807, 2.05) is 41.3 Å². The van der Waals surface area contributed by atoms with E-state index in [1.165, 1.54) is 0 Å². The van der Waals surface area contributed by atoms with E-state index >= 15 is 0 Å². The highest BCUT2D eigenvalue weighted by atomic mass is 35.5. The first-order valence-electron chi connectivity index (χ1n) is 8.16. The highest BCUT2D eigenvalue weighted by Gasteiger charge is 2.41. The molecule has 1 aliphatic heterocycles. The van der Waals surface area contributed by atoms with E-state index in [-0.39, 0.29) is 17.9 Å². The zero-order valence-corrected chi connectivity index (χ0v) is 15.0. The lowest BCUT2D eigenvalue weighted by molar-refractivity contribution is -0.128. The fraction of sp³-hybridized carbons (Fsp3) is 0.562. The number of hydrogen-bond donors (Lipinski definition) is 1. The van der Waals surface area contributed by atoms with Crippen LogP contribution in [0.3, 0.4) is 0 Å². The Morgan fingerprint density at radius 1 is 1.38 bits per heavy atom. The van der Waals surface area contributed by atoms with Crippen molar-refractivity contribution >= 4 is 17.5 Å². The fourth-order valence-electron chi connectivity index (χ4n) is 3.39. The minimum absolute atomic E-state index is 0.0139. The quantitative estimate of drug-likeness (QED) is 0.857. The maximum Gasteiger partial charge on any atom is 0.223 e. The van der Waals surface area contributed by atoms with Gasteiger partial charge in [-0.2, -0.15) is 0 Å². The summed E-state index contributed by atoms with van der Waals surface area (Å²) in [5.74, 6) is 2.20. The average Bonchev–Trinajstić information content (AvgIpc) is 3.20. The molecule has 130 valence electrons. The first kappa shape index (κ1) is 17.0. The van der Waals surface area contributed by atoms with Gasteiger partial charge in [0, 0.05) is 51.9 Å². The van der Waals surface area contributed by atoms with E-state index in [0.29, 0.717) is 24.7 Å². The number of nitrogens with one attached hydrogen (secondary N) is 1. The molecule has 0 saturated carbocycles. The zero-order chi connectivity index (χ0) is 17.3. The van der Waals surface area contributed by atoms with Crippen molar-refractivity contribution in [2.75, 3.05) is 13.1 Å². The molecule has 1 amide bonds. The van der Waals surface area contributed by atoms with Gasteiger partial charge in [0.15, 0.2) is 0 Å². The Hall–Kier alpha value is -1.86. The normalized spacial score (nSPS) is 21.0. The largest absolute Gasteiger partial charge is 0.336 e. The van der Waals surface area contributed by atoms with E-state index in [0.717, 1.165) is 18.2 Å². The van der Waals surface area contributed by atoms with Gasteiger partial charge >= 0.3 is 0 Å². The van der Waals surface area contributed by atoms with Gasteiger partial charge in [-0.3, -0.25) is 4.79 Å². The summed E-state index contributed by atoms with van der Waals surface area (Å²) < 4.78 is 3.85. The van der Waals surface area contributed by atoms with Gasteiger partial charge in [-0.1, -0.05) is 11.6 Å². The third-order valence-electron chi connectivity index (χ3n) is 4.72. The molecule has 2 aromatic rings. The minimum atomic E-state index is 0.0139. The summed E-state index contributed by atoms with van der Waals surface area (Å²) in [6, 6.07) is 0.0139. The van der Waals surface area contributed by atoms with Crippen molar-refractivity contribution in [2.24, 2.45) is 20.0 Å². The molecule has 0 bridgehead atoms. The molecule has 0 aromatic carbocycles. The van der Waals surface area contributed by atoms with Gasteiger partial charge in [-0.25, -0.2) is 9.97 Å². The smallest absolute Gasteiger partial charge is 0.223 e. The molecule has 1 saturated heterocycles. The topological polar surface area (TPSA) is 68.0 Å². The second-order valence-corrected chi connectivity index (χ2v) is 6.56. The molecule has 1 aliphatic rings. The molecule has 1 N–H and O–H groups in total. The van der Waals surface area contributed by atoms with Crippen molar-refractivity contribution in [1.29, 1.82) is 0 Å². The van der Waals surface area contributed by atoms with Crippen molar-refractivity contribution in [3.05, 3.63) is 35.4 Å². The third-order valence-corrected chi connectivity index (χ3v) is 5.07.